The monoisotopic (exact) mass is 242 g/mol. The zero-order chi connectivity index (χ0) is 12.5. The van der Waals surface area contributed by atoms with E-state index in [1.54, 1.807) is 13.4 Å². The van der Waals surface area contributed by atoms with Crippen LogP contribution in [0.2, 0.25) is 0 Å². The fourth-order valence-electron chi connectivity index (χ4n) is 1.66. The molecular formula is C11H22N4O2. The number of aromatic nitrogens is 3. The highest BCUT2D eigenvalue weighted by Gasteiger charge is 2.09. The van der Waals surface area contributed by atoms with E-state index in [1.807, 2.05) is 4.68 Å². The molecule has 1 aromatic heterocycles. The average Bonchev–Trinajstić information content (AvgIpc) is 2.75. The van der Waals surface area contributed by atoms with Gasteiger partial charge in [-0.25, -0.2) is 9.67 Å². The molecule has 0 spiro atoms. The van der Waals surface area contributed by atoms with Crippen molar-refractivity contribution >= 4 is 0 Å². The van der Waals surface area contributed by atoms with Crippen molar-refractivity contribution in [3.05, 3.63) is 12.2 Å². The Kier molecular flexibility index (Phi) is 6.76. The fourth-order valence-corrected chi connectivity index (χ4v) is 1.66. The molecule has 0 saturated heterocycles. The minimum atomic E-state index is 0.150. The van der Waals surface area contributed by atoms with Crippen molar-refractivity contribution in [2.24, 2.45) is 0 Å². The Morgan fingerprint density at radius 2 is 2.41 bits per heavy atom. The zero-order valence-electron chi connectivity index (χ0n) is 10.6. The van der Waals surface area contributed by atoms with Crippen molar-refractivity contribution in [3.63, 3.8) is 0 Å². The summed E-state index contributed by atoms with van der Waals surface area (Å²) in [4.78, 5) is 4.21. The molecule has 0 fully saturated rings. The van der Waals surface area contributed by atoms with E-state index in [2.05, 4.69) is 22.3 Å². The van der Waals surface area contributed by atoms with Crippen LogP contribution in [-0.2, 0) is 17.8 Å². The Labute approximate surface area is 102 Å². The van der Waals surface area contributed by atoms with E-state index < -0.39 is 0 Å². The normalized spacial score (nSPS) is 12.9. The van der Waals surface area contributed by atoms with Crippen molar-refractivity contribution < 1.29 is 9.84 Å². The lowest BCUT2D eigenvalue weighted by molar-refractivity contribution is 0.147. The molecule has 0 aromatic carbocycles. The second kappa shape index (κ2) is 8.16. The number of nitrogens with zero attached hydrogens (tertiary/aromatic N) is 3. The van der Waals surface area contributed by atoms with Crippen molar-refractivity contribution in [2.75, 3.05) is 20.3 Å². The Balaban J connectivity index is 2.43. The van der Waals surface area contributed by atoms with Gasteiger partial charge in [0.1, 0.15) is 12.2 Å². The van der Waals surface area contributed by atoms with Crippen LogP contribution in [0.25, 0.3) is 0 Å². The lowest BCUT2D eigenvalue weighted by Gasteiger charge is -2.16. The van der Waals surface area contributed by atoms with Gasteiger partial charge in [0.15, 0.2) is 0 Å². The third kappa shape index (κ3) is 4.80. The van der Waals surface area contributed by atoms with Crippen LogP contribution >= 0.6 is 0 Å². The maximum absolute atomic E-state index is 8.93. The molecule has 0 amide bonds. The number of rotatable bonds is 9. The molecule has 2 N–H and O–H groups in total. The van der Waals surface area contributed by atoms with E-state index in [4.69, 9.17) is 9.84 Å². The fraction of sp³-hybridized carbons (Fsp3) is 0.818. The first kappa shape index (κ1) is 14.1. The zero-order valence-corrected chi connectivity index (χ0v) is 10.6. The lowest BCUT2D eigenvalue weighted by atomic mass is 10.2. The number of aliphatic hydroxyl groups is 1. The minimum absolute atomic E-state index is 0.150. The first-order valence-electron chi connectivity index (χ1n) is 6.01. The van der Waals surface area contributed by atoms with Gasteiger partial charge in [-0.15, -0.1) is 0 Å². The SMILES string of the molecule is CCCn1ncnc1CNC(CCO)COC. The molecule has 98 valence electrons. The number of methoxy groups -OCH3 is 1. The molecule has 0 aliphatic rings. The van der Waals surface area contributed by atoms with Gasteiger partial charge in [0, 0.05) is 26.3 Å². The van der Waals surface area contributed by atoms with Crippen LogP contribution in [0.3, 0.4) is 0 Å². The third-order valence-corrected chi connectivity index (χ3v) is 2.53. The first-order chi connectivity index (χ1) is 8.31. The number of ether oxygens (including phenoxy) is 1. The van der Waals surface area contributed by atoms with Gasteiger partial charge >= 0.3 is 0 Å². The molecule has 0 saturated carbocycles. The quantitative estimate of drug-likeness (QED) is 0.646. The van der Waals surface area contributed by atoms with Gasteiger partial charge in [-0.05, 0) is 12.8 Å². The maximum atomic E-state index is 8.93. The number of hydrogen-bond donors (Lipinski definition) is 2. The van der Waals surface area contributed by atoms with E-state index in [-0.39, 0.29) is 12.6 Å². The molecule has 0 aliphatic carbocycles. The molecule has 1 heterocycles. The van der Waals surface area contributed by atoms with E-state index in [0.29, 0.717) is 19.6 Å². The first-order valence-corrected chi connectivity index (χ1v) is 6.01. The molecule has 6 nitrogen and oxygen atoms in total. The summed E-state index contributed by atoms with van der Waals surface area (Å²) >= 11 is 0. The molecule has 0 bridgehead atoms. The second-order valence-corrected chi connectivity index (χ2v) is 3.94. The van der Waals surface area contributed by atoms with Crippen LogP contribution in [0, 0.1) is 0 Å². The number of aryl methyl sites for hydroxylation is 1. The molecule has 0 radical (unpaired) electrons. The number of nitrogens with one attached hydrogen (secondary N) is 1. The molecular weight excluding hydrogens is 220 g/mol. The average molecular weight is 242 g/mol. The number of hydrogen-bond acceptors (Lipinski definition) is 5. The smallest absolute Gasteiger partial charge is 0.140 e. The van der Waals surface area contributed by atoms with Crippen LogP contribution in [0.5, 0.6) is 0 Å². The highest BCUT2D eigenvalue weighted by Crippen LogP contribution is 1.98. The molecule has 1 atom stereocenters. The maximum Gasteiger partial charge on any atom is 0.140 e. The number of aliphatic hydroxyl groups excluding tert-OH is 1. The van der Waals surface area contributed by atoms with E-state index in [1.165, 1.54) is 0 Å². The summed E-state index contributed by atoms with van der Waals surface area (Å²) in [5, 5.41) is 16.4. The highest BCUT2D eigenvalue weighted by atomic mass is 16.5. The van der Waals surface area contributed by atoms with Gasteiger partial charge in [-0.3, -0.25) is 0 Å². The van der Waals surface area contributed by atoms with Crippen LogP contribution in [0.15, 0.2) is 6.33 Å². The molecule has 17 heavy (non-hydrogen) atoms. The van der Waals surface area contributed by atoms with Gasteiger partial charge < -0.3 is 15.2 Å². The summed E-state index contributed by atoms with van der Waals surface area (Å²) in [7, 11) is 1.66. The molecule has 0 aliphatic heterocycles. The van der Waals surface area contributed by atoms with Crippen molar-refractivity contribution in [1.29, 1.82) is 0 Å². The molecule has 6 heteroatoms. The largest absolute Gasteiger partial charge is 0.396 e. The molecule has 1 rings (SSSR count). The van der Waals surface area contributed by atoms with Gasteiger partial charge in [0.05, 0.1) is 13.2 Å². The second-order valence-electron chi connectivity index (χ2n) is 3.94. The third-order valence-electron chi connectivity index (χ3n) is 2.53. The van der Waals surface area contributed by atoms with E-state index in [0.717, 1.165) is 18.8 Å². The summed E-state index contributed by atoms with van der Waals surface area (Å²) in [6, 6.07) is 0.150. The predicted molar refractivity (Wildman–Crippen MR) is 64.5 cm³/mol. The van der Waals surface area contributed by atoms with Gasteiger partial charge in [0.2, 0.25) is 0 Å². The topological polar surface area (TPSA) is 72.2 Å². The molecule has 1 aromatic rings. The van der Waals surface area contributed by atoms with Crippen LogP contribution in [0.4, 0.5) is 0 Å². The minimum Gasteiger partial charge on any atom is -0.396 e. The van der Waals surface area contributed by atoms with Gasteiger partial charge in [0.25, 0.3) is 0 Å². The van der Waals surface area contributed by atoms with Gasteiger partial charge in [-0.1, -0.05) is 6.92 Å². The predicted octanol–water partition coefficient (Wildman–Crippen LogP) is 0.175. The summed E-state index contributed by atoms with van der Waals surface area (Å²) in [5.41, 5.74) is 0. The van der Waals surface area contributed by atoms with Crippen LogP contribution in [-0.4, -0.2) is 46.2 Å². The summed E-state index contributed by atoms with van der Waals surface area (Å²) in [6.45, 7) is 4.38. The van der Waals surface area contributed by atoms with Crippen LogP contribution in [0.1, 0.15) is 25.6 Å². The highest BCUT2D eigenvalue weighted by molar-refractivity contribution is 4.85. The van der Waals surface area contributed by atoms with Crippen molar-refractivity contribution in [1.82, 2.24) is 20.1 Å². The van der Waals surface area contributed by atoms with Crippen molar-refractivity contribution in [2.45, 2.75) is 38.9 Å². The Hall–Kier alpha value is -0.980. The van der Waals surface area contributed by atoms with E-state index >= 15 is 0 Å². The van der Waals surface area contributed by atoms with Gasteiger partial charge in [-0.2, -0.15) is 5.10 Å². The summed E-state index contributed by atoms with van der Waals surface area (Å²) in [5.74, 6) is 0.922. The Bertz CT molecular complexity index is 297. The summed E-state index contributed by atoms with van der Waals surface area (Å²) in [6.07, 6.45) is 3.29. The Morgan fingerprint density at radius 3 is 3.06 bits per heavy atom. The Morgan fingerprint density at radius 1 is 1.59 bits per heavy atom. The van der Waals surface area contributed by atoms with Crippen molar-refractivity contribution in [3.8, 4) is 0 Å². The van der Waals surface area contributed by atoms with Crippen LogP contribution < -0.4 is 5.32 Å². The van der Waals surface area contributed by atoms with E-state index in [9.17, 15) is 0 Å². The molecule has 1 unspecified atom stereocenters. The lowest BCUT2D eigenvalue weighted by Crippen LogP contribution is -2.34. The standard InChI is InChI=1S/C11H22N4O2/c1-3-5-15-11(13-9-14-15)7-12-10(4-6-16)8-17-2/h9-10,12,16H,3-8H2,1-2H3. The summed E-state index contributed by atoms with van der Waals surface area (Å²) < 4.78 is 6.99.